The van der Waals surface area contributed by atoms with Gasteiger partial charge in [0.05, 0.1) is 23.0 Å². The van der Waals surface area contributed by atoms with Gasteiger partial charge in [-0.05, 0) is 30.7 Å². The van der Waals surface area contributed by atoms with Crippen molar-refractivity contribution in [3.05, 3.63) is 75.9 Å². The Morgan fingerprint density at radius 1 is 1.25 bits per heavy atom. The van der Waals surface area contributed by atoms with Gasteiger partial charge in [0.2, 0.25) is 5.43 Å². The zero-order chi connectivity index (χ0) is 17.3. The third-order valence-electron chi connectivity index (χ3n) is 3.70. The summed E-state index contributed by atoms with van der Waals surface area (Å²) < 4.78 is 1.58. The second-order valence-electron chi connectivity index (χ2n) is 5.40. The van der Waals surface area contributed by atoms with Crippen molar-refractivity contribution < 1.29 is 10.2 Å². The predicted molar refractivity (Wildman–Crippen MR) is 92.6 cm³/mol. The lowest BCUT2D eigenvalue weighted by molar-refractivity contribution is 0.191. The highest BCUT2D eigenvalue weighted by atomic mass is 35.5. The highest BCUT2D eigenvalue weighted by Crippen LogP contribution is 2.29. The van der Waals surface area contributed by atoms with Crippen LogP contribution in [0.1, 0.15) is 18.7 Å². The molecule has 122 valence electrons. The van der Waals surface area contributed by atoms with E-state index in [1.54, 1.807) is 30.0 Å². The molecule has 0 aliphatic rings. The van der Waals surface area contributed by atoms with Crippen molar-refractivity contribution in [3.8, 4) is 22.6 Å². The molecule has 2 N–H and O–H groups in total. The molecule has 24 heavy (non-hydrogen) atoms. The Hall–Kier alpha value is -2.63. The number of hydrogen-bond acceptors (Lipinski definition) is 4. The number of pyridine rings is 2. The topological polar surface area (TPSA) is 75.3 Å². The standard InChI is InChI=1S/C18H15ClN2O3/c1-11(22)16-8-17(23)18(24)10-21(16)13-4-2-3-12(7-13)14-5-6-20-9-15(14)19/h2-11,22,24H,1H3. The summed E-state index contributed by atoms with van der Waals surface area (Å²) in [6, 6.07) is 10.4. The Morgan fingerprint density at radius 3 is 2.75 bits per heavy atom. The number of halogens is 1. The maximum absolute atomic E-state index is 11.7. The molecular weight excluding hydrogens is 328 g/mol. The van der Waals surface area contributed by atoms with Gasteiger partial charge in [-0.2, -0.15) is 0 Å². The maximum Gasteiger partial charge on any atom is 0.223 e. The number of hydrogen-bond donors (Lipinski definition) is 2. The number of nitrogens with zero attached hydrogens (tertiary/aromatic N) is 2. The smallest absolute Gasteiger partial charge is 0.223 e. The summed E-state index contributed by atoms with van der Waals surface area (Å²) in [6.07, 6.45) is 3.65. The molecule has 0 radical (unpaired) electrons. The minimum Gasteiger partial charge on any atom is -0.503 e. The summed E-state index contributed by atoms with van der Waals surface area (Å²) in [4.78, 5) is 15.6. The average molecular weight is 343 g/mol. The molecule has 2 heterocycles. The van der Waals surface area contributed by atoms with Crippen molar-refractivity contribution in [2.45, 2.75) is 13.0 Å². The SMILES string of the molecule is CC(O)c1cc(=O)c(O)cn1-c1cccc(-c2ccncc2Cl)c1. The van der Waals surface area contributed by atoms with Gasteiger partial charge in [-0.1, -0.05) is 23.7 Å². The normalized spacial score (nSPS) is 12.1. The molecule has 0 aliphatic carbocycles. The molecule has 0 bridgehead atoms. The van der Waals surface area contributed by atoms with Crippen LogP contribution in [0.3, 0.4) is 0 Å². The second-order valence-corrected chi connectivity index (χ2v) is 5.81. The van der Waals surface area contributed by atoms with Gasteiger partial charge >= 0.3 is 0 Å². The lowest BCUT2D eigenvalue weighted by Crippen LogP contribution is -2.13. The molecule has 6 heteroatoms. The summed E-state index contributed by atoms with van der Waals surface area (Å²) in [5.74, 6) is -0.383. The Kier molecular flexibility index (Phi) is 4.38. The van der Waals surface area contributed by atoms with E-state index in [0.29, 0.717) is 16.4 Å². The van der Waals surface area contributed by atoms with Crippen LogP contribution >= 0.6 is 11.6 Å². The quantitative estimate of drug-likeness (QED) is 0.765. The largest absolute Gasteiger partial charge is 0.503 e. The van der Waals surface area contributed by atoms with Crippen LogP contribution in [0.4, 0.5) is 0 Å². The fraction of sp³-hybridized carbons (Fsp3) is 0.111. The number of aromatic nitrogens is 2. The molecule has 0 spiro atoms. The van der Waals surface area contributed by atoms with Crippen LogP contribution in [-0.2, 0) is 0 Å². The zero-order valence-corrected chi connectivity index (χ0v) is 13.6. The minimum absolute atomic E-state index is 0.383. The highest BCUT2D eigenvalue weighted by Gasteiger charge is 2.13. The Balaban J connectivity index is 2.19. The monoisotopic (exact) mass is 342 g/mol. The molecule has 3 rings (SSSR count). The van der Waals surface area contributed by atoms with Crippen LogP contribution in [0.25, 0.3) is 16.8 Å². The van der Waals surface area contributed by atoms with Gasteiger partial charge in [0.15, 0.2) is 5.75 Å². The van der Waals surface area contributed by atoms with Crippen molar-refractivity contribution >= 4 is 11.6 Å². The molecule has 1 atom stereocenters. The molecule has 0 aliphatic heterocycles. The summed E-state index contributed by atoms with van der Waals surface area (Å²) in [6.45, 7) is 1.56. The molecule has 0 fully saturated rings. The van der Waals surface area contributed by atoms with Crippen LogP contribution in [0.15, 0.2) is 59.8 Å². The first kappa shape index (κ1) is 16.2. The van der Waals surface area contributed by atoms with E-state index in [1.165, 1.54) is 12.3 Å². The summed E-state index contributed by atoms with van der Waals surface area (Å²) in [7, 11) is 0. The number of aliphatic hydroxyl groups excluding tert-OH is 1. The van der Waals surface area contributed by atoms with Gasteiger partial charge in [-0.3, -0.25) is 9.78 Å². The van der Waals surface area contributed by atoms with Crippen LogP contribution in [-0.4, -0.2) is 19.8 Å². The van der Waals surface area contributed by atoms with Gasteiger partial charge in [0.25, 0.3) is 0 Å². The Labute approximate surface area is 143 Å². The number of aliphatic hydroxyl groups is 1. The predicted octanol–water partition coefficient (Wildman–Crippen LogP) is 3.31. The average Bonchev–Trinajstić information content (AvgIpc) is 2.57. The van der Waals surface area contributed by atoms with Crippen molar-refractivity contribution in [1.82, 2.24) is 9.55 Å². The van der Waals surface area contributed by atoms with Crippen molar-refractivity contribution in [3.63, 3.8) is 0 Å². The Morgan fingerprint density at radius 2 is 2.04 bits per heavy atom. The van der Waals surface area contributed by atoms with Gasteiger partial charge in [-0.15, -0.1) is 0 Å². The van der Waals surface area contributed by atoms with E-state index >= 15 is 0 Å². The first-order chi connectivity index (χ1) is 11.5. The minimum atomic E-state index is -0.869. The molecule has 2 aromatic heterocycles. The fourth-order valence-corrected chi connectivity index (χ4v) is 2.74. The second kappa shape index (κ2) is 6.47. The van der Waals surface area contributed by atoms with Crippen LogP contribution in [0.2, 0.25) is 5.02 Å². The molecule has 3 aromatic rings. The van der Waals surface area contributed by atoms with E-state index in [2.05, 4.69) is 4.98 Å². The van der Waals surface area contributed by atoms with Gasteiger partial charge in [-0.25, -0.2) is 0 Å². The van der Waals surface area contributed by atoms with Gasteiger partial charge < -0.3 is 14.8 Å². The van der Waals surface area contributed by atoms with Crippen molar-refractivity contribution in [1.29, 1.82) is 0 Å². The van der Waals surface area contributed by atoms with E-state index in [-0.39, 0.29) is 5.75 Å². The molecular formula is C18H15ClN2O3. The summed E-state index contributed by atoms with van der Waals surface area (Å²) in [5, 5.41) is 20.2. The van der Waals surface area contributed by atoms with E-state index < -0.39 is 11.5 Å². The molecule has 0 amide bonds. The number of benzene rings is 1. The van der Waals surface area contributed by atoms with Gasteiger partial charge in [0.1, 0.15) is 0 Å². The summed E-state index contributed by atoms with van der Waals surface area (Å²) >= 11 is 6.19. The third-order valence-corrected chi connectivity index (χ3v) is 4.00. The van der Waals surface area contributed by atoms with Crippen LogP contribution < -0.4 is 5.43 Å². The first-order valence-corrected chi connectivity index (χ1v) is 7.69. The summed E-state index contributed by atoms with van der Waals surface area (Å²) in [5.41, 5.74) is 2.21. The van der Waals surface area contributed by atoms with E-state index in [0.717, 1.165) is 11.1 Å². The van der Waals surface area contributed by atoms with E-state index in [4.69, 9.17) is 11.6 Å². The lowest BCUT2D eigenvalue weighted by Gasteiger charge is -2.17. The molecule has 0 saturated heterocycles. The van der Waals surface area contributed by atoms with Crippen LogP contribution in [0.5, 0.6) is 5.75 Å². The maximum atomic E-state index is 11.7. The third kappa shape index (κ3) is 3.04. The zero-order valence-electron chi connectivity index (χ0n) is 12.8. The lowest BCUT2D eigenvalue weighted by atomic mass is 10.1. The molecule has 1 unspecified atom stereocenters. The van der Waals surface area contributed by atoms with Crippen molar-refractivity contribution in [2.75, 3.05) is 0 Å². The first-order valence-electron chi connectivity index (χ1n) is 7.31. The fourth-order valence-electron chi connectivity index (χ4n) is 2.52. The van der Waals surface area contributed by atoms with Crippen molar-refractivity contribution in [2.24, 2.45) is 0 Å². The van der Waals surface area contributed by atoms with E-state index in [9.17, 15) is 15.0 Å². The van der Waals surface area contributed by atoms with Crippen LogP contribution in [0, 0.1) is 0 Å². The number of rotatable bonds is 3. The highest BCUT2D eigenvalue weighted by molar-refractivity contribution is 6.33. The molecule has 0 saturated carbocycles. The molecule has 1 aromatic carbocycles. The van der Waals surface area contributed by atoms with E-state index in [1.807, 2.05) is 24.3 Å². The number of aromatic hydroxyl groups is 1. The molecule has 5 nitrogen and oxygen atoms in total. The Bertz CT molecular complexity index is 951. The van der Waals surface area contributed by atoms with Gasteiger partial charge in [0, 0.05) is 29.7 Å².